The number of carbonyl (C=O) groups excluding carboxylic acids is 1. The van der Waals surface area contributed by atoms with E-state index in [0.717, 1.165) is 0 Å². The normalized spacial score (nSPS) is 41.3. The molecule has 1 fully saturated rings. The molecule has 0 saturated carbocycles. The summed E-state index contributed by atoms with van der Waals surface area (Å²) in [6, 6.07) is -0.788. The van der Waals surface area contributed by atoms with Gasteiger partial charge in [0.15, 0.2) is 0 Å². The minimum absolute atomic E-state index is 0.351. The Morgan fingerprint density at radius 3 is 2.53 bits per heavy atom. The van der Waals surface area contributed by atoms with Gasteiger partial charge < -0.3 is 25.4 Å². The first-order chi connectivity index (χ1) is 6.97. The van der Waals surface area contributed by atoms with Crippen LogP contribution in [0.25, 0.3) is 0 Å². The zero-order valence-corrected chi connectivity index (χ0v) is 9.09. The predicted octanol–water partition coefficient (Wildman–Crippen LogP) is -2.14. The lowest BCUT2D eigenvalue weighted by Gasteiger charge is -2.40. The molecule has 1 aliphatic rings. The molecule has 1 aliphatic heterocycles. The average molecular weight is 237 g/mol. The van der Waals surface area contributed by atoms with E-state index in [1.54, 1.807) is 0 Å². The van der Waals surface area contributed by atoms with Crippen LogP contribution in [0.2, 0.25) is 0 Å². The number of amides is 1. The lowest BCUT2D eigenvalue weighted by molar-refractivity contribution is -0.173. The van der Waals surface area contributed by atoms with Gasteiger partial charge in [-0.2, -0.15) is 0 Å². The van der Waals surface area contributed by atoms with Gasteiger partial charge in [-0.15, -0.1) is 12.6 Å². The standard InChI is InChI=1S/C8H15NO5S/c1-3(11)9-5-7(13)6(12)4(2-10)14-8(5)15/h4-8,10,12-13,15H,2H2,1H3,(H,9,11)/t4?,5-,6+,7+,8?/m0/s1. The Balaban J connectivity index is 2.70. The van der Waals surface area contributed by atoms with Crippen LogP contribution >= 0.6 is 12.6 Å². The molecule has 1 saturated heterocycles. The van der Waals surface area contributed by atoms with Crippen molar-refractivity contribution in [2.24, 2.45) is 0 Å². The molecule has 0 bridgehead atoms. The van der Waals surface area contributed by atoms with Crippen molar-refractivity contribution in [2.75, 3.05) is 6.61 Å². The molecular weight excluding hydrogens is 222 g/mol. The van der Waals surface area contributed by atoms with E-state index in [2.05, 4.69) is 17.9 Å². The Hall–Kier alpha value is -0.340. The topological polar surface area (TPSA) is 99.0 Å². The van der Waals surface area contributed by atoms with E-state index >= 15 is 0 Å². The SMILES string of the molecule is CC(=O)N[C@@H]1C(S)OC(CO)[C@@H](O)[C@@H]1O. The fourth-order valence-corrected chi connectivity index (χ4v) is 1.89. The van der Waals surface area contributed by atoms with Gasteiger partial charge in [-0.3, -0.25) is 4.79 Å². The maximum Gasteiger partial charge on any atom is 0.217 e. The van der Waals surface area contributed by atoms with Gasteiger partial charge in [-0.1, -0.05) is 0 Å². The Kier molecular flexibility index (Phi) is 4.35. The molecule has 0 radical (unpaired) electrons. The summed E-state index contributed by atoms with van der Waals surface area (Å²) in [5, 5.41) is 30.4. The number of aliphatic hydroxyl groups excluding tert-OH is 3. The molecule has 4 N–H and O–H groups in total. The summed E-state index contributed by atoms with van der Waals surface area (Å²) in [7, 11) is 0. The highest BCUT2D eigenvalue weighted by Crippen LogP contribution is 2.22. The van der Waals surface area contributed by atoms with Crippen LogP contribution in [0.15, 0.2) is 0 Å². The van der Waals surface area contributed by atoms with Crippen LogP contribution in [0.5, 0.6) is 0 Å². The van der Waals surface area contributed by atoms with E-state index in [9.17, 15) is 15.0 Å². The van der Waals surface area contributed by atoms with Crippen molar-refractivity contribution in [3.8, 4) is 0 Å². The average Bonchev–Trinajstić information content (AvgIpc) is 2.18. The first-order valence-corrected chi connectivity index (χ1v) is 5.06. The number of hydrogen-bond donors (Lipinski definition) is 5. The van der Waals surface area contributed by atoms with Crippen LogP contribution in [0.3, 0.4) is 0 Å². The molecule has 15 heavy (non-hydrogen) atoms. The number of aliphatic hydroxyl groups is 3. The van der Waals surface area contributed by atoms with E-state index in [-0.39, 0.29) is 5.91 Å². The Labute approximate surface area is 92.7 Å². The second-order valence-electron chi connectivity index (χ2n) is 3.46. The molecule has 7 heteroatoms. The monoisotopic (exact) mass is 237 g/mol. The molecule has 0 aliphatic carbocycles. The van der Waals surface area contributed by atoms with Crippen LogP contribution in [0, 0.1) is 0 Å². The molecule has 0 spiro atoms. The highest BCUT2D eigenvalue weighted by molar-refractivity contribution is 7.80. The number of rotatable bonds is 2. The second-order valence-corrected chi connectivity index (χ2v) is 3.96. The third-order valence-electron chi connectivity index (χ3n) is 2.27. The highest BCUT2D eigenvalue weighted by atomic mass is 32.1. The third kappa shape index (κ3) is 2.82. The smallest absolute Gasteiger partial charge is 0.217 e. The molecule has 88 valence electrons. The van der Waals surface area contributed by atoms with Crippen molar-refractivity contribution in [1.82, 2.24) is 5.32 Å². The van der Waals surface area contributed by atoms with Gasteiger partial charge in [0.1, 0.15) is 23.7 Å². The Bertz CT molecular complexity index is 239. The molecule has 5 atom stereocenters. The number of nitrogens with one attached hydrogen (secondary N) is 1. The summed E-state index contributed by atoms with van der Waals surface area (Å²) >= 11 is 4.02. The summed E-state index contributed by atoms with van der Waals surface area (Å²) < 4.78 is 5.12. The molecule has 1 rings (SSSR count). The molecule has 2 unspecified atom stereocenters. The fraction of sp³-hybridized carbons (Fsp3) is 0.875. The fourth-order valence-electron chi connectivity index (χ4n) is 1.49. The lowest BCUT2D eigenvalue weighted by Crippen LogP contribution is -2.62. The second kappa shape index (κ2) is 5.13. The van der Waals surface area contributed by atoms with Gasteiger partial charge in [0, 0.05) is 6.92 Å². The van der Waals surface area contributed by atoms with Crippen molar-refractivity contribution in [1.29, 1.82) is 0 Å². The van der Waals surface area contributed by atoms with E-state index in [1.165, 1.54) is 6.92 Å². The van der Waals surface area contributed by atoms with Crippen molar-refractivity contribution >= 4 is 18.5 Å². The van der Waals surface area contributed by atoms with Gasteiger partial charge in [0.2, 0.25) is 5.91 Å². The van der Waals surface area contributed by atoms with Crippen molar-refractivity contribution in [2.45, 2.75) is 36.7 Å². The minimum Gasteiger partial charge on any atom is -0.394 e. The third-order valence-corrected chi connectivity index (χ3v) is 2.71. The maximum atomic E-state index is 10.8. The van der Waals surface area contributed by atoms with Gasteiger partial charge in [-0.25, -0.2) is 0 Å². The summed E-state index contributed by atoms with van der Waals surface area (Å²) in [4.78, 5) is 10.8. The van der Waals surface area contributed by atoms with Gasteiger partial charge in [-0.05, 0) is 0 Å². The van der Waals surface area contributed by atoms with Crippen LogP contribution in [0.4, 0.5) is 0 Å². The van der Waals surface area contributed by atoms with E-state index < -0.39 is 36.4 Å². The molecule has 6 nitrogen and oxygen atoms in total. The summed E-state index contributed by atoms with van der Waals surface area (Å²) in [5.41, 5.74) is -0.760. The quantitative estimate of drug-likeness (QED) is 0.353. The molecule has 0 aromatic carbocycles. The minimum atomic E-state index is -1.24. The Morgan fingerprint density at radius 2 is 2.07 bits per heavy atom. The number of ether oxygens (including phenoxy) is 1. The van der Waals surface area contributed by atoms with Crippen LogP contribution in [0.1, 0.15) is 6.92 Å². The molecule has 0 aromatic rings. The lowest BCUT2D eigenvalue weighted by atomic mass is 9.98. The predicted molar refractivity (Wildman–Crippen MR) is 54.4 cm³/mol. The van der Waals surface area contributed by atoms with E-state index in [0.29, 0.717) is 0 Å². The largest absolute Gasteiger partial charge is 0.394 e. The van der Waals surface area contributed by atoms with Crippen LogP contribution in [-0.4, -0.2) is 57.6 Å². The van der Waals surface area contributed by atoms with Crippen molar-refractivity contribution in [3.63, 3.8) is 0 Å². The zero-order valence-electron chi connectivity index (χ0n) is 8.20. The number of carbonyl (C=O) groups is 1. The number of hydrogen-bond acceptors (Lipinski definition) is 6. The van der Waals surface area contributed by atoms with Crippen LogP contribution in [-0.2, 0) is 9.53 Å². The van der Waals surface area contributed by atoms with E-state index in [1.807, 2.05) is 0 Å². The highest BCUT2D eigenvalue weighted by Gasteiger charge is 2.43. The summed E-state index contributed by atoms with van der Waals surface area (Å²) in [6.45, 7) is 0.875. The van der Waals surface area contributed by atoms with Gasteiger partial charge >= 0.3 is 0 Å². The summed E-state index contributed by atoms with van der Waals surface area (Å²) in [6.07, 6.45) is -3.33. The first-order valence-electron chi connectivity index (χ1n) is 4.55. The van der Waals surface area contributed by atoms with E-state index in [4.69, 9.17) is 9.84 Å². The Morgan fingerprint density at radius 1 is 1.47 bits per heavy atom. The van der Waals surface area contributed by atoms with Gasteiger partial charge in [0.05, 0.1) is 12.6 Å². The summed E-state index contributed by atoms with van der Waals surface area (Å²) in [5.74, 6) is -0.351. The first kappa shape index (κ1) is 12.7. The molecule has 1 heterocycles. The zero-order chi connectivity index (χ0) is 11.6. The molecule has 1 amide bonds. The van der Waals surface area contributed by atoms with Gasteiger partial charge in [0.25, 0.3) is 0 Å². The van der Waals surface area contributed by atoms with Crippen LogP contribution < -0.4 is 5.32 Å². The maximum absolute atomic E-state index is 10.8. The molecular formula is C8H15NO5S. The molecule has 0 aromatic heterocycles. The van der Waals surface area contributed by atoms with Crippen molar-refractivity contribution < 1.29 is 24.9 Å². The number of thiol groups is 1. The van der Waals surface area contributed by atoms with Crippen molar-refractivity contribution in [3.05, 3.63) is 0 Å².